The van der Waals surface area contributed by atoms with Crippen LogP contribution in [0.4, 0.5) is 0 Å². The normalized spacial score (nSPS) is 11.6. The standard InChI is InChI=1S/C12H17N3O/c1-8(2)9-5-6-13-11-10(7-16-4)14-15(3)12(9)11/h5-6,8H,7H2,1-4H3. The van der Waals surface area contributed by atoms with Crippen LogP contribution in [-0.2, 0) is 18.4 Å². The predicted molar refractivity (Wildman–Crippen MR) is 63.3 cm³/mol. The molecule has 0 aliphatic carbocycles. The second-order valence-corrected chi connectivity index (χ2v) is 4.26. The molecule has 0 aliphatic rings. The van der Waals surface area contributed by atoms with Gasteiger partial charge in [0.2, 0.25) is 0 Å². The minimum atomic E-state index is 0.469. The third kappa shape index (κ3) is 1.69. The van der Waals surface area contributed by atoms with Gasteiger partial charge in [-0.25, -0.2) is 0 Å². The van der Waals surface area contributed by atoms with Gasteiger partial charge in [0.15, 0.2) is 0 Å². The lowest BCUT2D eigenvalue weighted by atomic mass is 10.0. The van der Waals surface area contributed by atoms with E-state index in [1.165, 1.54) is 5.56 Å². The quantitative estimate of drug-likeness (QED) is 0.794. The van der Waals surface area contributed by atoms with Crippen molar-refractivity contribution in [1.29, 1.82) is 0 Å². The molecule has 0 unspecified atom stereocenters. The highest BCUT2D eigenvalue weighted by atomic mass is 16.5. The summed E-state index contributed by atoms with van der Waals surface area (Å²) in [5.41, 5.74) is 4.25. The molecule has 4 nitrogen and oxygen atoms in total. The number of aromatic nitrogens is 3. The molecule has 0 atom stereocenters. The van der Waals surface area contributed by atoms with Gasteiger partial charge in [-0.05, 0) is 17.5 Å². The van der Waals surface area contributed by atoms with Crippen molar-refractivity contribution in [1.82, 2.24) is 14.8 Å². The van der Waals surface area contributed by atoms with E-state index in [0.717, 1.165) is 16.7 Å². The van der Waals surface area contributed by atoms with Crippen LogP contribution in [0.25, 0.3) is 11.0 Å². The first-order chi connectivity index (χ1) is 7.65. The van der Waals surface area contributed by atoms with Crippen molar-refractivity contribution in [3.05, 3.63) is 23.5 Å². The van der Waals surface area contributed by atoms with Crippen LogP contribution in [0.3, 0.4) is 0 Å². The Hall–Kier alpha value is -1.42. The molecule has 2 rings (SSSR count). The smallest absolute Gasteiger partial charge is 0.114 e. The molecule has 2 aromatic heterocycles. The lowest BCUT2D eigenvalue weighted by Crippen LogP contribution is -1.96. The summed E-state index contributed by atoms with van der Waals surface area (Å²) in [6.07, 6.45) is 1.85. The van der Waals surface area contributed by atoms with Crippen LogP contribution >= 0.6 is 0 Å². The molecule has 0 saturated carbocycles. The van der Waals surface area contributed by atoms with Crippen LogP contribution < -0.4 is 0 Å². The fourth-order valence-corrected chi connectivity index (χ4v) is 2.00. The maximum atomic E-state index is 5.13. The van der Waals surface area contributed by atoms with Crippen LogP contribution in [0.15, 0.2) is 12.3 Å². The van der Waals surface area contributed by atoms with Crippen molar-refractivity contribution in [3.8, 4) is 0 Å². The lowest BCUT2D eigenvalue weighted by molar-refractivity contribution is 0.181. The monoisotopic (exact) mass is 219 g/mol. The van der Waals surface area contributed by atoms with Crippen LogP contribution in [-0.4, -0.2) is 21.9 Å². The number of aryl methyl sites for hydroxylation is 1. The predicted octanol–water partition coefficient (Wildman–Crippen LogP) is 2.24. The number of pyridine rings is 1. The van der Waals surface area contributed by atoms with Crippen molar-refractivity contribution in [3.63, 3.8) is 0 Å². The van der Waals surface area contributed by atoms with Gasteiger partial charge in [0.05, 0.1) is 12.1 Å². The number of fused-ring (bicyclic) bond motifs is 1. The Balaban J connectivity index is 2.69. The Morgan fingerprint density at radius 1 is 1.44 bits per heavy atom. The highest BCUT2D eigenvalue weighted by molar-refractivity contribution is 5.81. The van der Waals surface area contributed by atoms with Gasteiger partial charge in [-0.3, -0.25) is 9.67 Å². The van der Waals surface area contributed by atoms with Crippen LogP contribution in [0.1, 0.15) is 31.0 Å². The van der Waals surface area contributed by atoms with Gasteiger partial charge < -0.3 is 4.74 Å². The van der Waals surface area contributed by atoms with Crippen LogP contribution in [0.5, 0.6) is 0 Å². The fraction of sp³-hybridized carbons (Fsp3) is 0.500. The second kappa shape index (κ2) is 4.22. The highest BCUT2D eigenvalue weighted by Crippen LogP contribution is 2.25. The van der Waals surface area contributed by atoms with E-state index in [1.54, 1.807) is 7.11 Å². The molecular formula is C12H17N3O. The zero-order valence-corrected chi connectivity index (χ0v) is 10.2. The largest absolute Gasteiger partial charge is 0.378 e. The third-order valence-electron chi connectivity index (χ3n) is 2.73. The Morgan fingerprint density at radius 2 is 2.19 bits per heavy atom. The Bertz CT molecular complexity index is 502. The summed E-state index contributed by atoms with van der Waals surface area (Å²) >= 11 is 0. The SMILES string of the molecule is COCc1nn(C)c2c(C(C)C)ccnc12. The molecule has 86 valence electrons. The molecule has 0 saturated heterocycles. The molecular weight excluding hydrogens is 202 g/mol. The van der Waals surface area contributed by atoms with E-state index in [0.29, 0.717) is 12.5 Å². The molecule has 0 N–H and O–H groups in total. The summed E-state index contributed by atoms with van der Waals surface area (Å²) in [4.78, 5) is 4.40. The molecule has 4 heteroatoms. The Labute approximate surface area is 95.2 Å². The number of methoxy groups -OCH3 is 1. The lowest BCUT2D eigenvalue weighted by Gasteiger charge is -2.07. The summed E-state index contributed by atoms with van der Waals surface area (Å²) in [5.74, 6) is 0.469. The van der Waals surface area contributed by atoms with Gasteiger partial charge in [-0.2, -0.15) is 5.10 Å². The Morgan fingerprint density at radius 3 is 2.81 bits per heavy atom. The van der Waals surface area contributed by atoms with Crippen LogP contribution in [0.2, 0.25) is 0 Å². The highest BCUT2D eigenvalue weighted by Gasteiger charge is 2.14. The van der Waals surface area contributed by atoms with E-state index in [-0.39, 0.29) is 0 Å². The molecule has 0 spiro atoms. The first-order valence-corrected chi connectivity index (χ1v) is 5.44. The fourth-order valence-electron chi connectivity index (χ4n) is 2.00. The molecule has 0 amide bonds. The van der Waals surface area contributed by atoms with Crippen molar-refractivity contribution in [2.75, 3.05) is 7.11 Å². The molecule has 0 radical (unpaired) electrons. The number of hydrogen-bond donors (Lipinski definition) is 0. The summed E-state index contributed by atoms with van der Waals surface area (Å²) < 4.78 is 7.03. The first kappa shape index (κ1) is 11.1. The van der Waals surface area contributed by atoms with Gasteiger partial charge in [-0.1, -0.05) is 13.8 Å². The van der Waals surface area contributed by atoms with E-state index in [1.807, 2.05) is 17.9 Å². The summed E-state index contributed by atoms with van der Waals surface area (Å²) in [5, 5.41) is 4.45. The van der Waals surface area contributed by atoms with E-state index in [2.05, 4.69) is 30.0 Å². The molecule has 16 heavy (non-hydrogen) atoms. The van der Waals surface area contributed by atoms with E-state index in [4.69, 9.17) is 4.74 Å². The maximum Gasteiger partial charge on any atom is 0.114 e. The van der Waals surface area contributed by atoms with E-state index < -0.39 is 0 Å². The first-order valence-electron chi connectivity index (χ1n) is 5.44. The molecule has 2 heterocycles. The molecule has 2 aromatic rings. The minimum absolute atomic E-state index is 0.469. The average Bonchev–Trinajstić information content (AvgIpc) is 2.57. The van der Waals surface area contributed by atoms with Gasteiger partial charge >= 0.3 is 0 Å². The average molecular weight is 219 g/mol. The minimum Gasteiger partial charge on any atom is -0.378 e. The Kier molecular flexibility index (Phi) is 2.92. The van der Waals surface area contributed by atoms with Crippen LogP contribution in [0, 0.1) is 0 Å². The maximum absolute atomic E-state index is 5.13. The van der Waals surface area contributed by atoms with Crippen molar-refractivity contribution < 1.29 is 4.74 Å². The number of hydrogen-bond acceptors (Lipinski definition) is 3. The van der Waals surface area contributed by atoms with E-state index in [9.17, 15) is 0 Å². The van der Waals surface area contributed by atoms with Crippen molar-refractivity contribution >= 4 is 11.0 Å². The molecule has 0 aromatic carbocycles. The molecule has 0 bridgehead atoms. The number of rotatable bonds is 3. The summed E-state index contributed by atoms with van der Waals surface area (Å²) in [6, 6.07) is 2.06. The van der Waals surface area contributed by atoms with E-state index >= 15 is 0 Å². The zero-order chi connectivity index (χ0) is 11.7. The van der Waals surface area contributed by atoms with Gasteiger partial charge in [0.25, 0.3) is 0 Å². The topological polar surface area (TPSA) is 39.9 Å². The zero-order valence-electron chi connectivity index (χ0n) is 10.2. The van der Waals surface area contributed by atoms with Gasteiger partial charge in [0, 0.05) is 20.4 Å². The van der Waals surface area contributed by atoms with Gasteiger partial charge in [-0.15, -0.1) is 0 Å². The number of nitrogens with zero attached hydrogens (tertiary/aromatic N) is 3. The summed E-state index contributed by atoms with van der Waals surface area (Å²) in [7, 11) is 3.63. The third-order valence-corrected chi connectivity index (χ3v) is 2.73. The number of ether oxygens (including phenoxy) is 1. The molecule has 0 fully saturated rings. The van der Waals surface area contributed by atoms with Crippen molar-refractivity contribution in [2.24, 2.45) is 7.05 Å². The van der Waals surface area contributed by atoms with Crippen molar-refractivity contribution in [2.45, 2.75) is 26.4 Å². The summed E-state index contributed by atoms with van der Waals surface area (Å²) in [6.45, 7) is 4.86. The second-order valence-electron chi connectivity index (χ2n) is 4.26. The molecule has 0 aliphatic heterocycles. The van der Waals surface area contributed by atoms with Gasteiger partial charge in [0.1, 0.15) is 11.2 Å².